The minimum Gasteiger partial charge on any atom is -0.368 e. The first kappa shape index (κ1) is 21.8. The minimum absolute atomic E-state index is 0.136. The summed E-state index contributed by atoms with van der Waals surface area (Å²) in [5.74, 6) is -2.63. The molecule has 1 unspecified atom stereocenters. The van der Waals surface area contributed by atoms with E-state index in [0.29, 0.717) is 23.7 Å². The molecule has 0 N–H and O–H groups in total. The lowest BCUT2D eigenvalue weighted by atomic mass is 9.94. The maximum atomic E-state index is 14.0. The highest BCUT2D eigenvalue weighted by Crippen LogP contribution is 2.75. The molecule has 2 aromatic rings. The molecule has 0 amide bonds. The molecule has 5 rings (SSSR count). The van der Waals surface area contributed by atoms with E-state index in [2.05, 4.69) is 21.9 Å². The van der Waals surface area contributed by atoms with Crippen LogP contribution in [0, 0.1) is 17.3 Å². The van der Waals surface area contributed by atoms with E-state index in [4.69, 9.17) is 0 Å². The van der Waals surface area contributed by atoms with E-state index < -0.39 is 27.1 Å². The number of hydrogen-bond acceptors (Lipinski definition) is 4. The van der Waals surface area contributed by atoms with Crippen LogP contribution in [0.2, 0.25) is 0 Å². The van der Waals surface area contributed by atoms with Crippen molar-refractivity contribution in [3.05, 3.63) is 60.2 Å². The number of fused-ring (bicyclic) bond motifs is 1. The van der Waals surface area contributed by atoms with Gasteiger partial charge in [-0.15, -0.1) is 0 Å². The summed E-state index contributed by atoms with van der Waals surface area (Å²) in [4.78, 5) is 5.01. The second kappa shape index (κ2) is 7.52. The third kappa shape index (κ3) is 3.63. The Labute approximate surface area is 189 Å². The summed E-state index contributed by atoms with van der Waals surface area (Å²) in [5.41, 5.74) is 1.31. The monoisotopic (exact) mass is 460 g/mol. The number of piperazine rings is 1. The van der Waals surface area contributed by atoms with E-state index in [0.717, 1.165) is 31.9 Å². The average Bonchev–Trinajstić information content (AvgIpc) is 3.01. The van der Waals surface area contributed by atoms with E-state index >= 15 is 0 Å². The fraction of sp³-hybridized carbons (Fsp3) is 0.520. The van der Waals surface area contributed by atoms with E-state index in [1.807, 2.05) is 24.3 Å². The van der Waals surface area contributed by atoms with Gasteiger partial charge < -0.3 is 4.90 Å². The van der Waals surface area contributed by atoms with Crippen molar-refractivity contribution in [2.24, 2.45) is 17.3 Å². The molecule has 3 fully saturated rings. The summed E-state index contributed by atoms with van der Waals surface area (Å²) in [5, 5.41) is 0. The third-order valence-corrected chi connectivity index (χ3v) is 9.06. The first-order valence-electron chi connectivity index (χ1n) is 11.3. The SMILES string of the molecule is CC12C[C@@H](CN3CCN(c4cccc(S(C)(=O)=O)c4)C[C@H]3c3ccccc3)C[C@@H]1C2(F)F. The smallest absolute Gasteiger partial charge is 0.257 e. The topological polar surface area (TPSA) is 40.6 Å². The molecule has 7 heteroatoms. The number of benzene rings is 2. The minimum atomic E-state index is -3.27. The molecule has 1 saturated heterocycles. The molecule has 32 heavy (non-hydrogen) atoms. The van der Waals surface area contributed by atoms with Crippen molar-refractivity contribution < 1.29 is 17.2 Å². The van der Waals surface area contributed by atoms with Gasteiger partial charge in [-0.05, 0) is 42.5 Å². The number of rotatable bonds is 5. The van der Waals surface area contributed by atoms with Crippen molar-refractivity contribution in [3.8, 4) is 0 Å². The van der Waals surface area contributed by atoms with Gasteiger partial charge in [-0.3, -0.25) is 4.90 Å². The number of nitrogens with zero attached hydrogens (tertiary/aromatic N) is 2. The van der Waals surface area contributed by atoms with Crippen LogP contribution < -0.4 is 4.90 Å². The zero-order valence-corrected chi connectivity index (χ0v) is 19.4. The molecule has 0 spiro atoms. The van der Waals surface area contributed by atoms with Crippen LogP contribution in [0.5, 0.6) is 0 Å². The van der Waals surface area contributed by atoms with Crippen LogP contribution >= 0.6 is 0 Å². The van der Waals surface area contributed by atoms with Gasteiger partial charge in [0.25, 0.3) is 5.92 Å². The van der Waals surface area contributed by atoms with Crippen molar-refractivity contribution in [2.75, 3.05) is 37.3 Å². The lowest BCUT2D eigenvalue weighted by Gasteiger charge is -2.44. The highest BCUT2D eigenvalue weighted by atomic mass is 32.2. The third-order valence-electron chi connectivity index (χ3n) is 7.95. The number of sulfone groups is 1. The highest BCUT2D eigenvalue weighted by Gasteiger charge is 2.80. The molecule has 1 heterocycles. The van der Waals surface area contributed by atoms with E-state index in [9.17, 15) is 17.2 Å². The summed E-state index contributed by atoms with van der Waals surface area (Å²) in [6.07, 6.45) is 2.44. The largest absolute Gasteiger partial charge is 0.368 e. The van der Waals surface area contributed by atoms with Gasteiger partial charge in [0, 0.05) is 49.5 Å². The first-order valence-corrected chi connectivity index (χ1v) is 13.2. The fourth-order valence-electron chi connectivity index (χ4n) is 6.02. The van der Waals surface area contributed by atoms with Crippen LogP contribution in [-0.2, 0) is 9.84 Å². The number of anilines is 1. The molecular formula is C25H30F2N2O2S. The maximum Gasteiger partial charge on any atom is 0.257 e. The Bertz CT molecular complexity index is 1110. The molecule has 2 saturated carbocycles. The van der Waals surface area contributed by atoms with Gasteiger partial charge in [-0.1, -0.05) is 43.3 Å². The van der Waals surface area contributed by atoms with Gasteiger partial charge in [-0.25, -0.2) is 17.2 Å². The molecule has 0 bridgehead atoms. The first-order chi connectivity index (χ1) is 15.1. The fourth-order valence-corrected chi connectivity index (χ4v) is 6.68. The van der Waals surface area contributed by atoms with Crippen molar-refractivity contribution >= 4 is 15.5 Å². The van der Waals surface area contributed by atoms with Crippen LogP contribution in [0.15, 0.2) is 59.5 Å². The van der Waals surface area contributed by atoms with Crippen LogP contribution in [0.4, 0.5) is 14.5 Å². The van der Waals surface area contributed by atoms with Crippen LogP contribution in [0.1, 0.15) is 31.4 Å². The second-order valence-corrected chi connectivity index (χ2v) is 12.1. The van der Waals surface area contributed by atoms with Crippen molar-refractivity contribution in [2.45, 2.75) is 36.6 Å². The summed E-state index contributed by atoms with van der Waals surface area (Å²) in [7, 11) is -3.27. The van der Waals surface area contributed by atoms with Crippen molar-refractivity contribution in [1.82, 2.24) is 4.90 Å². The molecule has 4 atom stereocenters. The van der Waals surface area contributed by atoms with Gasteiger partial charge in [0.05, 0.1) is 10.9 Å². The second-order valence-electron chi connectivity index (χ2n) is 10.0. The van der Waals surface area contributed by atoms with Gasteiger partial charge in [0.15, 0.2) is 9.84 Å². The quantitative estimate of drug-likeness (QED) is 0.652. The Morgan fingerprint density at radius 3 is 2.47 bits per heavy atom. The normalized spacial score (nSPS) is 32.0. The van der Waals surface area contributed by atoms with E-state index in [1.54, 1.807) is 25.1 Å². The van der Waals surface area contributed by atoms with Crippen LogP contribution in [-0.4, -0.2) is 51.7 Å². The maximum absolute atomic E-state index is 14.0. The molecule has 0 aromatic heterocycles. The molecule has 2 aliphatic carbocycles. The summed E-state index contributed by atoms with van der Waals surface area (Å²) in [6.45, 7) is 4.91. The summed E-state index contributed by atoms with van der Waals surface area (Å²) in [6, 6.07) is 17.6. The molecular weight excluding hydrogens is 430 g/mol. The Kier molecular flexibility index (Phi) is 5.13. The summed E-state index contributed by atoms with van der Waals surface area (Å²) >= 11 is 0. The zero-order chi connectivity index (χ0) is 22.7. The Morgan fingerprint density at radius 2 is 1.81 bits per heavy atom. The molecule has 4 nitrogen and oxygen atoms in total. The van der Waals surface area contributed by atoms with E-state index in [1.165, 1.54) is 11.8 Å². The Balaban J connectivity index is 1.35. The Morgan fingerprint density at radius 1 is 1.06 bits per heavy atom. The summed E-state index contributed by atoms with van der Waals surface area (Å²) < 4.78 is 52.1. The van der Waals surface area contributed by atoms with Crippen LogP contribution in [0.25, 0.3) is 0 Å². The molecule has 172 valence electrons. The van der Waals surface area contributed by atoms with E-state index in [-0.39, 0.29) is 6.04 Å². The van der Waals surface area contributed by atoms with Gasteiger partial charge in [0.2, 0.25) is 0 Å². The molecule has 2 aromatic carbocycles. The number of alkyl halides is 2. The molecule has 0 radical (unpaired) electrons. The predicted molar refractivity (Wildman–Crippen MR) is 122 cm³/mol. The number of halogens is 2. The lowest BCUT2D eigenvalue weighted by Crippen LogP contribution is -2.50. The van der Waals surface area contributed by atoms with Crippen molar-refractivity contribution in [1.29, 1.82) is 0 Å². The van der Waals surface area contributed by atoms with Crippen LogP contribution in [0.3, 0.4) is 0 Å². The zero-order valence-electron chi connectivity index (χ0n) is 18.5. The predicted octanol–water partition coefficient (Wildman–Crippen LogP) is 4.63. The highest BCUT2D eigenvalue weighted by molar-refractivity contribution is 7.90. The van der Waals surface area contributed by atoms with Gasteiger partial charge in [-0.2, -0.15) is 0 Å². The lowest BCUT2D eigenvalue weighted by molar-refractivity contribution is 0.0325. The van der Waals surface area contributed by atoms with Crippen molar-refractivity contribution in [3.63, 3.8) is 0 Å². The molecule has 1 aliphatic heterocycles. The number of hydrogen-bond donors (Lipinski definition) is 0. The Hall–Kier alpha value is -1.99. The standard InChI is InChI=1S/C25H30F2N2O2S/c1-24-15-18(13-23(24)25(24,26)27)16-29-12-11-28(17-22(29)19-7-4-3-5-8-19)20-9-6-10-21(14-20)32(2,30)31/h3-10,14,18,22-23H,11-13,15-17H2,1-2H3/t18-,22-,23-,24?/m0/s1. The molecule has 3 aliphatic rings. The average molecular weight is 461 g/mol. The van der Waals surface area contributed by atoms with Gasteiger partial charge >= 0.3 is 0 Å². The van der Waals surface area contributed by atoms with Gasteiger partial charge in [0.1, 0.15) is 0 Å².